The lowest BCUT2D eigenvalue weighted by molar-refractivity contribution is 0.0832. The lowest BCUT2D eigenvalue weighted by Gasteiger charge is -2.45. The van der Waals surface area contributed by atoms with Crippen molar-refractivity contribution in [1.29, 1.82) is 0 Å². The van der Waals surface area contributed by atoms with Crippen molar-refractivity contribution < 1.29 is 4.74 Å². The van der Waals surface area contributed by atoms with E-state index in [1.807, 2.05) is 0 Å². The molecule has 1 fully saturated rings. The molecule has 0 aliphatic carbocycles. The zero-order chi connectivity index (χ0) is 31.3. The van der Waals surface area contributed by atoms with Crippen LogP contribution >= 0.6 is 0 Å². The van der Waals surface area contributed by atoms with E-state index >= 15 is 0 Å². The van der Waals surface area contributed by atoms with Gasteiger partial charge in [0.2, 0.25) is 0 Å². The van der Waals surface area contributed by atoms with Crippen LogP contribution in [0.1, 0.15) is 18.1 Å². The Morgan fingerprint density at radius 3 is 2.17 bits per heavy atom. The van der Waals surface area contributed by atoms with E-state index in [1.165, 1.54) is 77.3 Å². The minimum Gasteiger partial charge on any atom is -0.375 e. The molecule has 7 aromatic carbocycles. The van der Waals surface area contributed by atoms with Gasteiger partial charge in [0.15, 0.2) is 0 Å². The van der Waals surface area contributed by atoms with Crippen LogP contribution in [0.25, 0.3) is 49.4 Å². The highest BCUT2D eigenvalue weighted by atomic mass is 16.5. The van der Waals surface area contributed by atoms with E-state index in [1.54, 1.807) is 0 Å². The average molecular weight is 615 g/mol. The summed E-state index contributed by atoms with van der Waals surface area (Å²) in [6.45, 7) is 0.107. The van der Waals surface area contributed by atoms with Gasteiger partial charge in [0.1, 0.15) is 0 Å². The molecule has 0 N–H and O–H groups in total. The maximum atomic E-state index is 7.29. The predicted molar refractivity (Wildman–Crippen MR) is 200 cm³/mol. The Labute approximate surface area is 279 Å². The monoisotopic (exact) mass is 614 g/mol. The molecule has 1 saturated heterocycles. The van der Waals surface area contributed by atoms with Crippen LogP contribution in [0.3, 0.4) is 0 Å². The Morgan fingerprint density at radius 2 is 1.29 bits per heavy atom. The Hall–Kier alpha value is -5.58. The molecular weight excluding hydrogens is 583 g/mol. The molecule has 0 spiro atoms. The number of anilines is 2. The Bertz CT molecular complexity index is 2550. The lowest BCUT2D eigenvalue weighted by Crippen LogP contribution is -2.65. The maximum absolute atomic E-state index is 7.29. The molecule has 226 valence electrons. The highest BCUT2D eigenvalue weighted by molar-refractivity contribution is 6.91. The molecular formula is C44H31BN2O. The first-order chi connectivity index (χ1) is 23.8. The molecule has 4 heterocycles. The predicted octanol–water partition coefficient (Wildman–Crippen LogP) is 9.12. The number of aromatic nitrogens is 1. The molecule has 3 aliphatic rings. The number of rotatable bonds is 3. The molecule has 11 rings (SSSR count). The van der Waals surface area contributed by atoms with Crippen molar-refractivity contribution in [1.82, 2.24) is 4.57 Å². The summed E-state index contributed by atoms with van der Waals surface area (Å²) >= 11 is 0. The molecule has 0 amide bonds. The summed E-state index contributed by atoms with van der Waals surface area (Å²) in [7, 11) is 0. The highest BCUT2D eigenvalue weighted by Crippen LogP contribution is 2.48. The van der Waals surface area contributed by atoms with Gasteiger partial charge in [0, 0.05) is 39.8 Å². The second kappa shape index (κ2) is 9.96. The van der Waals surface area contributed by atoms with Gasteiger partial charge in [-0.25, -0.2) is 0 Å². The Balaban J connectivity index is 1.27. The van der Waals surface area contributed by atoms with Gasteiger partial charge >= 0.3 is 0 Å². The number of ether oxygens (including phenoxy) is 1. The zero-order valence-corrected chi connectivity index (χ0v) is 26.3. The largest absolute Gasteiger partial charge is 0.375 e. The van der Waals surface area contributed by atoms with Crippen LogP contribution in [0.15, 0.2) is 158 Å². The molecule has 4 heteroatoms. The van der Waals surface area contributed by atoms with Crippen LogP contribution in [0.4, 0.5) is 11.4 Å². The number of hydrogen-bond donors (Lipinski definition) is 0. The van der Waals surface area contributed by atoms with E-state index in [4.69, 9.17) is 4.74 Å². The number of hydrogen-bond acceptors (Lipinski definition) is 2. The molecule has 8 aromatic rings. The van der Waals surface area contributed by atoms with E-state index in [0.717, 1.165) is 6.42 Å². The molecule has 0 saturated carbocycles. The summed E-state index contributed by atoms with van der Waals surface area (Å²) < 4.78 is 9.85. The molecule has 3 atom stereocenters. The first-order valence-electron chi connectivity index (χ1n) is 17.1. The quantitative estimate of drug-likeness (QED) is 0.185. The van der Waals surface area contributed by atoms with Crippen molar-refractivity contribution in [2.24, 2.45) is 0 Å². The van der Waals surface area contributed by atoms with Crippen molar-refractivity contribution in [2.75, 3.05) is 4.90 Å². The maximum Gasteiger partial charge on any atom is 0.252 e. The number of benzene rings is 7. The summed E-state index contributed by atoms with van der Waals surface area (Å²) in [6, 6.07) is 58.2. The summed E-state index contributed by atoms with van der Waals surface area (Å²) in [5.41, 5.74) is 12.8. The van der Waals surface area contributed by atoms with E-state index < -0.39 is 0 Å². The third-order valence-corrected chi connectivity index (χ3v) is 11.1. The second-order valence-electron chi connectivity index (χ2n) is 13.5. The summed E-state index contributed by atoms with van der Waals surface area (Å²) in [5, 5.41) is 5.14. The SMILES string of the molecule is c1ccc(C2CC3C(O2)B2c4c(cc(-c5cccc6ccccc56)cc4-n4c5ccccc5c5cccc2c54)N3c2ccccc2)cc1. The summed E-state index contributed by atoms with van der Waals surface area (Å²) in [6.07, 6.45) is 0.946. The van der Waals surface area contributed by atoms with Crippen LogP contribution in [-0.2, 0) is 4.74 Å². The van der Waals surface area contributed by atoms with Gasteiger partial charge < -0.3 is 14.2 Å². The third kappa shape index (κ3) is 3.58. The van der Waals surface area contributed by atoms with Crippen LogP contribution in [-0.4, -0.2) is 23.3 Å². The van der Waals surface area contributed by atoms with Gasteiger partial charge in [0.05, 0.1) is 23.7 Å². The normalized spacial score (nSPS) is 19.2. The van der Waals surface area contributed by atoms with Gasteiger partial charge in [-0.3, -0.25) is 0 Å². The number of para-hydroxylation sites is 3. The van der Waals surface area contributed by atoms with Crippen LogP contribution in [0.2, 0.25) is 0 Å². The van der Waals surface area contributed by atoms with Crippen molar-refractivity contribution in [2.45, 2.75) is 24.6 Å². The average Bonchev–Trinajstić information content (AvgIpc) is 3.74. The number of fused-ring (bicyclic) bond motifs is 8. The van der Waals surface area contributed by atoms with Gasteiger partial charge in [0.25, 0.3) is 6.71 Å². The van der Waals surface area contributed by atoms with E-state index in [0.29, 0.717) is 0 Å². The number of nitrogens with zero attached hydrogens (tertiary/aromatic N) is 2. The van der Waals surface area contributed by atoms with Gasteiger partial charge in [-0.2, -0.15) is 0 Å². The fourth-order valence-electron chi connectivity index (χ4n) is 9.22. The van der Waals surface area contributed by atoms with Crippen LogP contribution in [0.5, 0.6) is 0 Å². The molecule has 48 heavy (non-hydrogen) atoms. The van der Waals surface area contributed by atoms with Gasteiger partial charge in [-0.1, -0.05) is 127 Å². The lowest BCUT2D eigenvalue weighted by atomic mass is 9.33. The van der Waals surface area contributed by atoms with E-state index in [9.17, 15) is 0 Å². The molecule has 0 bridgehead atoms. The van der Waals surface area contributed by atoms with E-state index in [2.05, 4.69) is 167 Å². The molecule has 3 nitrogen and oxygen atoms in total. The minimum atomic E-state index is -0.0116. The standard InChI is InChI=1S/C44H31BN2O/c1-3-14-29(15-4-1)41-27-40-44(48-41)45-36-23-12-22-35-34-20-9-10-24-37(34)47(43(35)36)39-26-30(33-21-11-16-28-13-7-8-19-32(28)33)25-38(42(39)45)46(40)31-17-5-2-6-18-31/h1-26,40-41,44H,27H2. The fraction of sp³-hybridized carbons (Fsp3) is 0.0909. The van der Waals surface area contributed by atoms with E-state index in [-0.39, 0.29) is 24.9 Å². The smallest absolute Gasteiger partial charge is 0.252 e. The van der Waals surface area contributed by atoms with Crippen molar-refractivity contribution in [3.63, 3.8) is 0 Å². The molecule has 3 unspecified atom stereocenters. The minimum absolute atomic E-state index is 0.0116. The highest BCUT2D eigenvalue weighted by Gasteiger charge is 2.54. The fourth-order valence-corrected chi connectivity index (χ4v) is 9.22. The van der Waals surface area contributed by atoms with Crippen molar-refractivity contribution in [3.8, 4) is 16.8 Å². The first-order valence-corrected chi connectivity index (χ1v) is 17.1. The van der Waals surface area contributed by atoms with Gasteiger partial charge in [-0.15, -0.1) is 0 Å². The first kappa shape index (κ1) is 26.5. The summed E-state index contributed by atoms with van der Waals surface area (Å²) in [5.74, 6) is 0. The zero-order valence-electron chi connectivity index (χ0n) is 26.3. The molecule has 1 aromatic heterocycles. The van der Waals surface area contributed by atoms with Crippen LogP contribution < -0.4 is 15.8 Å². The Kier molecular flexibility index (Phi) is 5.50. The van der Waals surface area contributed by atoms with Crippen molar-refractivity contribution >= 4 is 61.6 Å². The van der Waals surface area contributed by atoms with Gasteiger partial charge in [-0.05, 0) is 68.7 Å². The second-order valence-corrected chi connectivity index (χ2v) is 13.5. The van der Waals surface area contributed by atoms with Crippen LogP contribution in [0, 0.1) is 0 Å². The summed E-state index contributed by atoms with van der Waals surface area (Å²) in [4.78, 5) is 2.62. The third-order valence-electron chi connectivity index (χ3n) is 11.1. The topological polar surface area (TPSA) is 17.4 Å². The van der Waals surface area contributed by atoms with Crippen molar-refractivity contribution in [3.05, 3.63) is 163 Å². The molecule has 3 aliphatic heterocycles. The Morgan fingerprint density at radius 1 is 0.604 bits per heavy atom. The molecule has 0 radical (unpaired) electrons.